The highest BCUT2D eigenvalue weighted by atomic mass is 16.5. The molecule has 100 valence electrons. The van der Waals surface area contributed by atoms with Gasteiger partial charge in [0.15, 0.2) is 0 Å². The first-order valence-corrected chi connectivity index (χ1v) is 6.86. The molecule has 1 fully saturated rings. The molecule has 0 bridgehead atoms. The number of nitrogens with zero attached hydrogens (tertiary/aromatic N) is 1. The lowest BCUT2D eigenvalue weighted by Crippen LogP contribution is -2.23. The molecule has 1 aliphatic carbocycles. The Kier molecular flexibility index (Phi) is 3.79. The molecule has 2 rings (SSSR count). The second-order valence-electron chi connectivity index (χ2n) is 6.09. The van der Waals surface area contributed by atoms with Crippen LogP contribution in [0.2, 0.25) is 0 Å². The van der Waals surface area contributed by atoms with Gasteiger partial charge in [-0.1, -0.05) is 20.8 Å². The van der Waals surface area contributed by atoms with Gasteiger partial charge in [-0.05, 0) is 43.2 Å². The summed E-state index contributed by atoms with van der Waals surface area (Å²) in [7, 11) is 0. The lowest BCUT2D eigenvalue weighted by Gasteiger charge is -2.21. The summed E-state index contributed by atoms with van der Waals surface area (Å²) in [4.78, 5) is 4.29. The molecule has 1 heterocycles. The van der Waals surface area contributed by atoms with Gasteiger partial charge in [0.1, 0.15) is 0 Å². The number of nitrogens with one attached hydrogen (secondary N) is 1. The van der Waals surface area contributed by atoms with Crippen molar-refractivity contribution in [3.05, 3.63) is 18.3 Å². The minimum absolute atomic E-state index is 0.436. The van der Waals surface area contributed by atoms with Gasteiger partial charge < -0.3 is 10.1 Å². The van der Waals surface area contributed by atoms with Crippen molar-refractivity contribution in [2.75, 3.05) is 11.9 Å². The summed E-state index contributed by atoms with van der Waals surface area (Å²) in [6.07, 6.45) is 4.25. The van der Waals surface area contributed by atoms with Gasteiger partial charge in [-0.2, -0.15) is 0 Å². The van der Waals surface area contributed by atoms with E-state index >= 15 is 0 Å². The number of rotatable bonds is 4. The Balaban J connectivity index is 2.10. The van der Waals surface area contributed by atoms with Crippen LogP contribution in [0.25, 0.3) is 0 Å². The molecule has 0 amide bonds. The van der Waals surface area contributed by atoms with Crippen LogP contribution in [0.5, 0.6) is 5.88 Å². The molecule has 1 aromatic heterocycles. The van der Waals surface area contributed by atoms with E-state index in [1.165, 1.54) is 12.8 Å². The number of aromatic nitrogens is 1. The van der Waals surface area contributed by atoms with Crippen molar-refractivity contribution < 1.29 is 4.74 Å². The van der Waals surface area contributed by atoms with Crippen molar-refractivity contribution in [1.29, 1.82) is 0 Å². The fraction of sp³-hybridized carbons (Fsp3) is 0.667. The third-order valence-corrected chi connectivity index (χ3v) is 3.73. The highest BCUT2D eigenvalue weighted by Gasteiger charge is 2.36. The van der Waals surface area contributed by atoms with Crippen LogP contribution in [0.1, 0.15) is 40.5 Å². The van der Waals surface area contributed by atoms with E-state index in [0.717, 1.165) is 11.6 Å². The van der Waals surface area contributed by atoms with Crippen LogP contribution in [-0.4, -0.2) is 17.6 Å². The largest absolute Gasteiger partial charge is 0.476 e. The molecule has 0 aromatic carbocycles. The third kappa shape index (κ3) is 2.95. The second-order valence-corrected chi connectivity index (χ2v) is 6.09. The maximum absolute atomic E-state index is 5.56. The molecule has 2 atom stereocenters. The Bertz CT molecular complexity index is 403. The van der Waals surface area contributed by atoms with E-state index in [1.54, 1.807) is 6.20 Å². The zero-order valence-electron chi connectivity index (χ0n) is 11.9. The summed E-state index contributed by atoms with van der Waals surface area (Å²) in [6.45, 7) is 9.65. The first kappa shape index (κ1) is 13.2. The van der Waals surface area contributed by atoms with Crippen LogP contribution < -0.4 is 10.1 Å². The number of hydrogen-bond donors (Lipinski definition) is 1. The van der Waals surface area contributed by atoms with E-state index in [0.29, 0.717) is 24.0 Å². The standard InChI is InChI=1S/C15H24N2O/c1-5-18-14-12(7-6-8-16-14)17-13-10-15(3,4)9-11(13)2/h6-8,11,13,17H,5,9-10H2,1-4H3. The zero-order valence-corrected chi connectivity index (χ0v) is 11.9. The first-order valence-electron chi connectivity index (χ1n) is 6.86. The molecular weight excluding hydrogens is 224 g/mol. The van der Waals surface area contributed by atoms with Gasteiger partial charge in [0.25, 0.3) is 0 Å². The minimum Gasteiger partial charge on any atom is -0.476 e. The van der Waals surface area contributed by atoms with Crippen LogP contribution >= 0.6 is 0 Å². The average molecular weight is 248 g/mol. The highest BCUT2D eigenvalue weighted by Crippen LogP contribution is 2.42. The summed E-state index contributed by atoms with van der Waals surface area (Å²) >= 11 is 0. The summed E-state index contributed by atoms with van der Waals surface area (Å²) < 4.78 is 5.56. The van der Waals surface area contributed by atoms with Crippen LogP contribution in [0.4, 0.5) is 5.69 Å². The predicted octanol–water partition coefficient (Wildman–Crippen LogP) is 3.72. The van der Waals surface area contributed by atoms with E-state index in [9.17, 15) is 0 Å². The molecule has 3 nitrogen and oxygen atoms in total. The molecule has 1 aliphatic rings. The van der Waals surface area contributed by atoms with Crippen molar-refractivity contribution in [3.63, 3.8) is 0 Å². The maximum atomic E-state index is 5.56. The van der Waals surface area contributed by atoms with Crippen molar-refractivity contribution in [3.8, 4) is 5.88 Å². The van der Waals surface area contributed by atoms with Crippen molar-refractivity contribution in [2.24, 2.45) is 11.3 Å². The molecule has 0 saturated heterocycles. The normalized spacial score (nSPS) is 26.0. The Morgan fingerprint density at radius 2 is 2.22 bits per heavy atom. The number of pyridine rings is 1. The molecule has 1 aromatic rings. The molecule has 3 heteroatoms. The minimum atomic E-state index is 0.436. The highest BCUT2D eigenvalue weighted by molar-refractivity contribution is 5.53. The summed E-state index contributed by atoms with van der Waals surface area (Å²) in [5.41, 5.74) is 1.46. The Hall–Kier alpha value is -1.25. The number of ether oxygens (including phenoxy) is 1. The predicted molar refractivity (Wildman–Crippen MR) is 75.0 cm³/mol. The topological polar surface area (TPSA) is 34.1 Å². The molecular formula is C15H24N2O. The number of hydrogen-bond acceptors (Lipinski definition) is 3. The van der Waals surface area contributed by atoms with Gasteiger partial charge in [-0.15, -0.1) is 0 Å². The van der Waals surface area contributed by atoms with Crippen molar-refractivity contribution in [1.82, 2.24) is 4.98 Å². The molecule has 18 heavy (non-hydrogen) atoms. The molecule has 0 spiro atoms. The zero-order chi connectivity index (χ0) is 13.2. The van der Waals surface area contributed by atoms with Crippen LogP contribution in [0.15, 0.2) is 18.3 Å². The fourth-order valence-corrected chi connectivity index (χ4v) is 3.04. The van der Waals surface area contributed by atoms with Crippen LogP contribution in [-0.2, 0) is 0 Å². The lowest BCUT2D eigenvalue weighted by atomic mass is 9.91. The van der Waals surface area contributed by atoms with Crippen molar-refractivity contribution in [2.45, 2.75) is 46.6 Å². The quantitative estimate of drug-likeness (QED) is 0.882. The molecule has 2 unspecified atom stereocenters. The van der Waals surface area contributed by atoms with Crippen LogP contribution in [0, 0.1) is 11.3 Å². The van der Waals surface area contributed by atoms with Gasteiger partial charge in [-0.25, -0.2) is 4.98 Å². The van der Waals surface area contributed by atoms with Crippen molar-refractivity contribution >= 4 is 5.69 Å². The fourth-order valence-electron chi connectivity index (χ4n) is 3.04. The Morgan fingerprint density at radius 3 is 2.83 bits per heavy atom. The van der Waals surface area contributed by atoms with Crippen LogP contribution in [0.3, 0.4) is 0 Å². The van der Waals surface area contributed by atoms with E-state index in [4.69, 9.17) is 4.74 Å². The average Bonchev–Trinajstić information content (AvgIpc) is 2.55. The third-order valence-electron chi connectivity index (χ3n) is 3.73. The molecule has 0 aliphatic heterocycles. The second kappa shape index (κ2) is 5.17. The van der Waals surface area contributed by atoms with Gasteiger partial charge in [-0.3, -0.25) is 0 Å². The summed E-state index contributed by atoms with van der Waals surface area (Å²) in [5.74, 6) is 1.41. The summed E-state index contributed by atoms with van der Waals surface area (Å²) in [5, 5.41) is 3.61. The lowest BCUT2D eigenvalue weighted by molar-refractivity contribution is 0.328. The van der Waals surface area contributed by atoms with Gasteiger partial charge in [0, 0.05) is 12.2 Å². The van der Waals surface area contributed by atoms with Gasteiger partial charge >= 0.3 is 0 Å². The van der Waals surface area contributed by atoms with E-state index < -0.39 is 0 Å². The van der Waals surface area contributed by atoms with Gasteiger partial charge in [0.05, 0.1) is 12.3 Å². The van der Waals surface area contributed by atoms with E-state index in [1.807, 2.05) is 13.0 Å². The van der Waals surface area contributed by atoms with E-state index in [2.05, 4.69) is 37.1 Å². The van der Waals surface area contributed by atoms with E-state index in [-0.39, 0.29) is 0 Å². The summed E-state index contributed by atoms with van der Waals surface area (Å²) in [6, 6.07) is 4.52. The Labute approximate surface area is 110 Å². The molecule has 1 saturated carbocycles. The number of anilines is 1. The first-order chi connectivity index (χ1) is 8.52. The molecule has 1 N–H and O–H groups in total. The monoisotopic (exact) mass is 248 g/mol. The smallest absolute Gasteiger partial charge is 0.237 e. The molecule has 0 radical (unpaired) electrons. The maximum Gasteiger partial charge on any atom is 0.237 e. The Morgan fingerprint density at radius 1 is 1.44 bits per heavy atom. The van der Waals surface area contributed by atoms with Gasteiger partial charge in [0.2, 0.25) is 5.88 Å². The SMILES string of the molecule is CCOc1ncccc1NC1CC(C)(C)CC1C.